The normalized spacial score (nSPS) is 22.4. The van der Waals surface area contributed by atoms with Crippen LogP contribution < -0.4 is 4.90 Å². The zero-order chi connectivity index (χ0) is 14.3. The van der Waals surface area contributed by atoms with Crippen LogP contribution in [0.2, 0.25) is 0 Å². The molecule has 108 valence electrons. The second kappa shape index (κ2) is 8.19. The molecular weight excluding hydrogens is 232 g/mol. The summed E-state index contributed by atoms with van der Waals surface area (Å²) in [5.41, 5.74) is 1.32. The number of anilines is 1. The van der Waals surface area contributed by atoms with Gasteiger partial charge in [0.05, 0.1) is 0 Å². The van der Waals surface area contributed by atoms with Crippen molar-refractivity contribution in [2.45, 2.75) is 65.8 Å². The SMILES string of the molecule is CC.CCc1ccc(N(C)[C@@H]2CCCC[C@@H]2C)nc1. The first kappa shape index (κ1) is 16.0. The van der Waals surface area contributed by atoms with Gasteiger partial charge in [0, 0.05) is 19.3 Å². The van der Waals surface area contributed by atoms with Crippen molar-refractivity contribution >= 4 is 5.82 Å². The molecule has 0 saturated heterocycles. The predicted octanol–water partition coefficient (Wildman–Crippen LogP) is 4.69. The topological polar surface area (TPSA) is 16.1 Å². The Labute approximate surface area is 119 Å². The van der Waals surface area contributed by atoms with Crippen molar-refractivity contribution in [1.29, 1.82) is 0 Å². The molecule has 0 bridgehead atoms. The molecule has 1 aromatic rings. The first-order valence-corrected chi connectivity index (χ1v) is 7.90. The second-order valence-electron chi connectivity index (χ2n) is 5.32. The second-order valence-corrected chi connectivity index (χ2v) is 5.32. The van der Waals surface area contributed by atoms with E-state index in [1.165, 1.54) is 31.2 Å². The molecular formula is C17H30N2. The summed E-state index contributed by atoms with van der Waals surface area (Å²) < 4.78 is 0. The number of hydrogen-bond donors (Lipinski definition) is 0. The fourth-order valence-electron chi connectivity index (χ4n) is 2.88. The smallest absolute Gasteiger partial charge is 0.128 e. The van der Waals surface area contributed by atoms with Crippen LogP contribution in [0.25, 0.3) is 0 Å². The summed E-state index contributed by atoms with van der Waals surface area (Å²) >= 11 is 0. The maximum absolute atomic E-state index is 4.59. The number of pyridine rings is 1. The Morgan fingerprint density at radius 2 is 1.89 bits per heavy atom. The van der Waals surface area contributed by atoms with E-state index in [0.29, 0.717) is 6.04 Å². The Balaban J connectivity index is 0.000000861. The van der Waals surface area contributed by atoms with Gasteiger partial charge in [0.25, 0.3) is 0 Å². The first-order valence-electron chi connectivity index (χ1n) is 7.90. The Kier molecular flexibility index (Phi) is 6.90. The van der Waals surface area contributed by atoms with Crippen LogP contribution in [0.1, 0.15) is 58.9 Å². The minimum absolute atomic E-state index is 0.670. The van der Waals surface area contributed by atoms with Gasteiger partial charge >= 0.3 is 0 Å². The fraction of sp³-hybridized carbons (Fsp3) is 0.706. The maximum Gasteiger partial charge on any atom is 0.128 e. The largest absolute Gasteiger partial charge is 0.356 e. The van der Waals surface area contributed by atoms with Crippen LogP contribution in [0.5, 0.6) is 0 Å². The zero-order valence-corrected chi connectivity index (χ0v) is 13.3. The fourth-order valence-corrected chi connectivity index (χ4v) is 2.88. The van der Waals surface area contributed by atoms with E-state index in [2.05, 4.69) is 42.9 Å². The van der Waals surface area contributed by atoms with Gasteiger partial charge in [-0.05, 0) is 36.8 Å². The average Bonchev–Trinajstić information content (AvgIpc) is 2.49. The van der Waals surface area contributed by atoms with Crippen molar-refractivity contribution in [1.82, 2.24) is 4.98 Å². The van der Waals surface area contributed by atoms with Gasteiger partial charge in [-0.25, -0.2) is 4.98 Å². The van der Waals surface area contributed by atoms with Crippen LogP contribution in [0.4, 0.5) is 5.82 Å². The van der Waals surface area contributed by atoms with Gasteiger partial charge in [-0.3, -0.25) is 0 Å². The van der Waals surface area contributed by atoms with Crippen LogP contribution in [0, 0.1) is 5.92 Å². The van der Waals surface area contributed by atoms with Crippen LogP contribution in [-0.4, -0.2) is 18.1 Å². The quantitative estimate of drug-likeness (QED) is 0.786. The minimum atomic E-state index is 0.670. The molecule has 0 aliphatic heterocycles. The van der Waals surface area contributed by atoms with Crippen molar-refractivity contribution < 1.29 is 0 Å². The molecule has 0 N–H and O–H groups in total. The standard InChI is InChI=1S/C15H24N2.C2H6/c1-4-13-9-10-15(16-11-13)17(3)14-8-6-5-7-12(14)2;1-2/h9-12,14H,4-8H2,1-3H3;1-2H3/t12-,14+;/m0./s1. The molecule has 19 heavy (non-hydrogen) atoms. The Morgan fingerprint density at radius 3 is 2.42 bits per heavy atom. The van der Waals surface area contributed by atoms with E-state index < -0.39 is 0 Å². The number of aryl methyl sites for hydroxylation is 1. The molecule has 1 fully saturated rings. The molecule has 0 radical (unpaired) electrons. The van der Waals surface area contributed by atoms with Crippen LogP contribution >= 0.6 is 0 Å². The molecule has 2 rings (SSSR count). The molecule has 1 heterocycles. The third kappa shape index (κ3) is 4.22. The molecule has 0 amide bonds. The Bertz CT molecular complexity index is 345. The van der Waals surface area contributed by atoms with Crippen molar-refractivity contribution in [3.8, 4) is 0 Å². The lowest BCUT2D eigenvalue weighted by Gasteiger charge is -2.37. The average molecular weight is 262 g/mol. The number of rotatable bonds is 3. The summed E-state index contributed by atoms with van der Waals surface area (Å²) in [6.45, 7) is 8.55. The zero-order valence-electron chi connectivity index (χ0n) is 13.3. The van der Waals surface area contributed by atoms with Crippen molar-refractivity contribution in [3.05, 3.63) is 23.9 Å². The summed E-state index contributed by atoms with van der Waals surface area (Å²) in [6.07, 6.45) is 8.52. The Morgan fingerprint density at radius 1 is 1.21 bits per heavy atom. The van der Waals surface area contributed by atoms with Crippen molar-refractivity contribution in [2.24, 2.45) is 5.92 Å². The van der Waals surface area contributed by atoms with E-state index in [0.717, 1.165) is 18.2 Å². The van der Waals surface area contributed by atoms with Crippen molar-refractivity contribution in [2.75, 3.05) is 11.9 Å². The lowest BCUT2D eigenvalue weighted by Crippen LogP contribution is -2.39. The van der Waals surface area contributed by atoms with E-state index in [-0.39, 0.29) is 0 Å². The van der Waals surface area contributed by atoms with E-state index in [1.54, 1.807) is 0 Å². The maximum atomic E-state index is 4.59. The molecule has 1 aliphatic carbocycles. The molecule has 0 unspecified atom stereocenters. The van der Waals surface area contributed by atoms with Crippen LogP contribution in [0.15, 0.2) is 18.3 Å². The lowest BCUT2D eigenvalue weighted by molar-refractivity contribution is 0.320. The van der Waals surface area contributed by atoms with Gasteiger partial charge < -0.3 is 4.90 Å². The summed E-state index contributed by atoms with van der Waals surface area (Å²) in [5, 5.41) is 0. The number of aromatic nitrogens is 1. The minimum Gasteiger partial charge on any atom is -0.356 e. The third-order valence-corrected chi connectivity index (χ3v) is 4.14. The highest BCUT2D eigenvalue weighted by Gasteiger charge is 2.25. The van der Waals surface area contributed by atoms with Gasteiger partial charge in [-0.2, -0.15) is 0 Å². The molecule has 1 aliphatic rings. The highest BCUT2D eigenvalue weighted by atomic mass is 15.2. The van der Waals surface area contributed by atoms with Crippen LogP contribution in [0.3, 0.4) is 0 Å². The van der Waals surface area contributed by atoms with Gasteiger partial charge in [0.2, 0.25) is 0 Å². The molecule has 1 aromatic heterocycles. The molecule has 0 aromatic carbocycles. The third-order valence-electron chi connectivity index (χ3n) is 4.14. The van der Waals surface area contributed by atoms with Crippen LogP contribution in [-0.2, 0) is 6.42 Å². The van der Waals surface area contributed by atoms with Gasteiger partial charge in [0.15, 0.2) is 0 Å². The Hall–Kier alpha value is -1.05. The molecule has 1 saturated carbocycles. The van der Waals surface area contributed by atoms with Gasteiger partial charge in [0.1, 0.15) is 5.82 Å². The number of nitrogens with zero attached hydrogens (tertiary/aromatic N) is 2. The van der Waals surface area contributed by atoms with E-state index in [4.69, 9.17) is 0 Å². The lowest BCUT2D eigenvalue weighted by atomic mass is 9.85. The van der Waals surface area contributed by atoms with Gasteiger partial charge in [-0.1, -0.05) is 46.6 Å². The van der Waals surface area contributed by atoms with E-state index in [1.807, 2.05) is 20.0 Å². The predicted molar refractivity (Wildman–Crippen MR) is 84.8 cm³/mol. The summed E-state index contributed by atoms with van der Waals surface area (Å²) in [4.78, 5) is 6.96. The van der Waals surface area contributed by atoms with E-state index >= 15 is 0 Å². The highest BCUT2D eigenvalue weighted by Crippen LogP contribution is 2.29. The number of hydrogen-bond acceptors (Lipinski definition) is 2. The van der Waals surface area contributed by atoms with E-state index in [9.17, 15) is 0 Å². The molecule has 2 heteroatoms. The summed E-state index contributed by atoms with van der Waals surface area (Å²) in [6, 6.07) is 5.04. The molecule has 0 spiro atoms. The highest BCUT2D eigenvalue weighted by molar-refractivity contribution is 5.39. The first-order chi connectivity index (χ1) is 9.22. The monoisotopic (exact) mass is 262 g/mol. The summed E-state index contributed by atoms with van der Waals surface area (Å²) in [7, 11) is 2.19. The summed E-state index contributed by atoms with van der Waals surface area (Å²) in [5.74, 6) is 1.92. The van der Waals surface area contributed by atoms with Crippen molar-refractivity contribution in [3.63, 3.8) is 0 Å². The van der Waals surface area contributed by atoms with Gasteiger partial charge in [-0.15, -0.1) is 0 Å². The molecule has 2 atom stereocenters. The molecule has 2 nitrogen and oxygen atoms in total.